The number of aryl methyl sites for hydroxylation is 2. The van der Waals surface area contributed by atoms with Gasteiger partial charge >= 0.3 is 17.8 Å². The molecule has 0 bridgehead atoms. The van der Waals surface area contributed by atoms with E-state index < -0.39 is 30.3 Å². The van der Waals surface area contributed by atoms with Crippen molar-refractivity contribution >= 4 is 29.4 Å². The number of anilines is 1. The summed E-state index contributed by atoms with van der Waals surface area (Å²) in [4.78, 5) is 52.3. The van der Waals surface area contributed by atoms with Crippen molar-refractivity contribution in [1.82, 2.24) is 9.80 Å². The molecular formula is C22H29N3O4. The third-order valence-electron chi connectivity index (χ3n) is 6.05. The largest absolute Gasteiger partial charge is 0.334 e. The van der Waals surface area contributed by atoms with E-state index in [9.17, 15) is 19.2 Å². The zero-order chi connectivity index (χ0) is 21.1. The summed E-state index contributed by atoms with van der Waals surface area (Å²) < 4.78 is 0. The summed E-state index contributed by atoms with van der Waals surface area (Å²) in [6.07, 6.45) is 5.10. The molecule has 2 fully saturated rings. The number of amides is 5. The van der Waals surface area contributed by atoms with Gasteiger partial charge in [-0.15, -0.1) is 0 Å². The Morgan fingerprint density at radius 1 is 1.03 bits per heavy atom. The molecule has 1 aromatic carbocycles. The third-order valence-corrected chi connectivity index (χ3v) is 6.05. The van der Waals surface area contributed by atoms with E-state index in [2.05, 4.69) is 5.32 Å². The summed E-state index contributed by atoms with van der Waals surface area (Å²) in [5.74, 6) is -2.05. The van der Waals surface area contributed by atoms with Gasteiger partial charge in [0.1, 0.15) is 6.54 Å². The third kappa shape index (κ3) is 4.04. The van der Waals surface area contributed by atoms with Gasteiger partial charge in [-0.3, -0.25) is 19.3 Å². The summed E-state index contributed by atoms with van der Waals surface area (Å²) in [7, 11) is 0. The first-order valence-corrected chi connectivity index (χ1v) is 10.5. The number of urea groups is 1. The van der Waals surface area contributed by atoms with Gasteiger partial charge in [-0.2, -0.15) is 0 Å². The molecule has 0 radical (unpaired) electrons. The van der Waals surface area contributed by atoms with E-state index in [-0.39, 0.29) is 12.0 Å². The number of para-hydroxylation sites is 1. The van der Waals surface area contributed by atoms with Gasteiger partial charge in [0.25, 0.3) is 0 Å². The van der Waals surface area contributed by atoms with Crippen LogP contribution in [-0.4, -0.2) is 46.1 Å². The highest BCUT2D eigenvalue weighted by Gasteiger charge is 2.49. The molecule has 1 N–H and O–H groups in total. The SMILES string of the molecule is CCc1cccc(CC)c1NC(=O)CN1C(=O)C(=O)N([C@H]2CCCC[C@@H]2C)C1=O. The lowest BCUT2D eigenvalue weighted by Gasteiger charge is -2.34. The van der Waals surface area contributed by atoms with Crippen LogP contribution in [-0.2, 0) is 27.2 Å². The number of carbonyl (C=O) groups is 4. The first-order chi connectivity index (χ1) is 13.9. The van der Waals surface area contributed by atoms with E-state index in [4.69, 9.17) is 0 Å². The van der Waals surface area contributed by atoms with Gasteiger partial charge in [0, 0.05) is 11.7 Å². The predicted molar refractivity (Wildman–Crippen MR) is 109 cm³/mol. The minimum Gasteiger partial charge on any atom is -0.324 e. The van der Waals surface area contributed by atoms with Crippen molar-refractivity contribution in [2.45, 2.75) is 65.3 Å². The molecule has 1 aromatic rings. The monoisotopic (exact) mass is 399 g/mol. The Hall–Kier alpha value is -2.70. The molecule has 1 heterocycles. The molecule has 0 aromatic heterocycles. The maximum atomic E-state index is 12.8. The number of hydrogen-bond donors (Lipinski definition) is 1. The number of benzene rings is 1. The highest BCUT2D eigenvalue weighted by molar-refractivity contribution is 6.45. The first kappa shape index (κ1) is 21.0. The normalized spacial score (nSPS) is 22.4. The summed E-state index contributed by atoms with van der Waals surface area (Å²) in [5, 5.41) is 2.85. The molecule has 2 aliphatic rings. The molecule has 5 amide bonds. The van der Waals surface area contributed by atoms with Crippen molar-refractivity contribution in [2.75, 3.05) is 11.9 Å². The van der Waals surface area contributed by atoms with Crippen LogP contribution in [0.4, 0.5) is 10.5 Å². The Bertz CT molecular complexity index is 813. The Balaban J connectivity index is 1.75. The molecule has 1 saturated heterocycles. The second kappa shape index (κ2) is 8.76. The van der Waals surface area contributed by atoms with E-state index in [1.807, 2.05) is 39.0 Å². The number of hydrogen-bond acceptors (Lipinski definition) is 4. The number of rotatable bonds is 6. The van der Waals surface area contributed by atoms with Crippen molar-refractivity contribution in [1.29, 1.82) is 0 Å². The minimum atomic E-state index is -0.914. The lowest BCUT2D eigenvalue weighted by molar-refractivity contribution is -0.145. The van der Waals surface area contributed by atoms with Gasteiger partial charge in [0.15, 0.2) is 0 Å². The quantitative estimate of drug-likeness (QED) is 0.588. The predicted octanol–water partition coefficient (Wildman–Crippen LogP) is 3.12. The van der Waals surface area contributed by atoms with Crippen LogP contribution in [0.1, 0.15) is 57.6 Å². The van der Waals surface area contributed by atoms with Crippen LogP contribution >= 0.6 is 0 Å². The molecule has 1 saturated carbocycles. The van der Waals surface area contributed by atoms with Crippen LogP contribution < -0.4 is 5.32 Å². The van der Waals surface area contributed by atoms with Gasteiger partial charge < -0.3 is 5.32 Å². The lowest BCUT2D eigenvalue weighted by Crippen LogP contribution is -2.46. The summed E-state index contributed by atoms with van der Waals surface area (Å²) >= 11 is 0. The molecule has 7 heteroatoms. The van der Waals surface area contributed by atoms with Crippen LogP contribution in [0.2, 0.25) is 0 Å². The van der Waals surface area contributed by atoms with E-state index in [0.717, 1.165) is 58.7 Å². The lowest BCUT2D eigenvalue weighted by atomic mass is 9.85. The average Bonchev–Trinajstić information content (AvgIpc) is 2.92. The Labute approximate surface area is 171 Å². The van der Waals surface area contributed by atoms with E-state index in [1.54, 1.807) is 0 Å². The minimum absolute atomic E-state index is 0.154. The molecule has 1 aliphatic carbocycles. The molecule has 1 aliphatic heterocycles. The summed E-state index contributed by atoms with van der Waals surface area (Å²) in [5.41, 5.74) is 2.71. The highest BCUT2D eigenvalue weighted by atomic mass is 16.2. The Morgan fingerprint density at radius 2 is 1.66 bits per heavy atom. The fourth-order valence-electron chi connectivity index (χ4n) is 4.36. The van der Waals surface area contributed by atoms with Gasteiger partial charge in [0.05, 0.1) is 0 Å². The first-order valence-electron chi connectivity index (χ1n) is 10.5. The Kier molecular flexibility index (Phi) is 6.35. The van der Waals surface area contributed by atoms with Crippen molar-refractivity contribution in [3.05, 3.63) is 29.3 Å². The van der Waals surface area contributed by atoms with Crippen LogP contribution in [0, 0.1) is 5.92 Å². The fraction of sp³-hybridized carbons (Fsp3) is 0.545. The average molecular weight is 399 g/mol. The van der Waals surface area contributed by atoms with Gasteiger partial charge in [-0.25, -0.2) is 9.69 Å². The molecule has 3 rings (SSSR count). The molecular weight excluding hydrogens is 370 g/mol. The second-order valence-electron chi connectivity index (χ2n) is 7.88. The van der Waals surface area contributed by atoms with Gasteiger partial charge in [-0.1, -0.05) is 51.8 Å². The van der Waals surface area contributed by atoms with Crippen LogP contribution in [0.15, 0.2) is 18.2 Å². The highest BCUT2D eigenvalue weighted by Crippen LogP contribution is 2.31. The second-order valence-corrected chi connectivity index (χ2v) is 7.88. The zero-order valence-electron chi connectivity index (χ0n) is 17.4. The van der Waals surface area contributed by atoms with Gasteiger partial charge in [-0.05, 0) is 42.7 Å². The fourth-order valence-corrected chi connectivity index (χ4v) is 4.36. The molecule has 2 atom stereocenters. The molecule has 29 heavy (non-hydrogen) atoms. The molecule has 7 nitrogen and oxygen atoms in total. The van der Waals surface area contributed by atoms with Crippen LogP contribution in [0.5, 0.6) is 0 Å². The number of imide groups is 2. The summed E-state index contributed by atoms with van der Waals surface area (Å²) in [6, 6.07) is 4.89. The number of carbonyl (C=O) groups excluding carboxylic acids is 4. The topological polar surface area (TPSA) is 86.8 Å². The molecule has 0 unspecified atom stereocenters. The Morgan fingerprint density at radius 3 is 2.24 bits per heavy atom. The maximum Gasteiger partial charge on any atom is 0.334 e. The zero-order valence-corrected chi connectivity index (χ0v) is 17.4. The standard InChI is InChI=1S/C22H29N3O4/c1-4-15-10-8-11-16(5-2)19(15)23-18(26)13-24-20(27)21(28)25(22(24)29)17-12-7-6-9-14(17)3/h8,10-11,14,17H,4-7,9,12-13H2,1-3H3,(H,23,26)/t14-,17-/m0/s1. The number of nitrogens with zero attached hydrogens (tertiary/aromatic N) is 2. The van der Waals surface area contributed by atoms with Crippen molar-refractivity contribution < 1.29 is 19.2 Å². The van der Waals surface area contributed by atoms with Crippen molar-refractivity contribution in [3.8, 4) is 0 Å². The summed E-state index contributed by atoms with van der Waals surface area (Å²) in [6.45, 7) is 5.54. The smallest absolute Gasteiger partial charge is 0.324 e. The number of nitrogens with one attached hydrogen (secondary N) is 1. The molecule has 0 spiro atoms. The van der Waals surface area contributed by atoms with Crippen molar-refractivity contribution in [2.24, 2.45) is 5.92 Å². The van der Waals surface area contributed by atoms with Crippen molar-refractivity contribution in [3.63, 3.8) is 0 Å². The molecule has 156 valence electrons. The van der Waals surface area contributed by atoms with Gasteiger partial charge in [0.2, 0.25) is 5.91 Å². The van der Waals surface area contributed by atoms with Crippen LogP contribution in [0.25, 0.3) is 0 Å². The van der Waals surface area contributed by atoms with E-state index in [0.29, 0.717) is 6.42 Å². The van der Waals surface area contributed by atoms with E-state index >= 15 is 0 Å². The van der Waals surface area contributed by atoms with E-state index in [1.165, 1.54) is 0 Å². The maximum absolute atomic E-state index is 12.8. The van der Waals surface area contributed by atoms with Crippen LogP contribution in [0.3, 0.4) is 0 Å².